The summed E-state index contributed by atoms with van der Waals surface area (Å²) in [6.07, 6.45) is 3.85. The first-order valence-electron chi connectivity index (χ1n) is 14.5. The molecule has 0 atom stereocenters. The molecule has 9 aromatic rings. The highest BCUT2D eigenvalue weighted by Gasteiger charge is 2.19. The van der Waals surface area contributed by atoms with Crippen LogP contribution in [0.3, 0.4) is 0 Å². The molecule has 200 valence electrons. The lowest BCUT2D eigenvalue weighted by molar-refractivity contribution is 1.18. The predicted octanol–water partition coefficient (Wildman–Crippen LogP) is 9.76. The Bertz CT molecular complexity index is 2500. The quantitative estimate of drug-likeness (QED) is 0.206. The standard InChI is InChI=1S/C39H24N4/c1-3-9-25(10-4-1)34-19-17-26-15-16-27-18-20-35(42-38(27)37(26)41-34)31-23-32-33-24-40-22-21-36(33)43(28-11-5-2-6-12-28)39(32)30-14-8-7-13-29(30)31/h1-24H. The predicted molar refractivity (Wildman–Crippen MR) is 178 cm³/mol. The summed E-state index contributed by atoms with van der Waals surface area (Å²) in [6, 6.07) is 46.7. The van der Waals surface area contributed by atoms with Crippen LogP contribution in [0, 0.1) is 0 Å². The van der Waals surface area contributed by atoms with Crippen LogP contribution in [0.5, 0.6) is 0 Å². The normalized spacial score (nSPS) is 11.7. The number of benzene rings is 5. The van der Waals surface area contributed by atoms with Crippen molar-refractivity contribution in [2.45, 2.75) is 0 Å². The number of fused-ring (bicyclic) bond motifs is 8. The largest absolute Gasteiger partial charge is 0.309 e. The second kappa shape index (κ2) is 9.33. The lowest BCUT2D eigenvalue weighted by Crippen LogP contribution is -1.95. The number of rotatable bonds is 3. The van der Waals surface area contributed by atoms with E-state index >= 15 is 0 Å². The minimum Gasteiger partial charge on any atom is -0.309 e. The first-order chi connectivity index (χ1) is 21.3. The first kappa shape index (κ1) is 23.8. The van der Waals surface area contributed by atoms with Crippen molar-refractivity contribution >= 4 is 54.4 Å². The molecule has 0 fully saturated rings. The van der Waals surface area contributed by atoms with Crippen LogP contribution in [0.15, 0.2) is 146 Å². The SMILES string of the molecule is c1ccc(-c2ccc3ccc4ccc(-c5cc6c7cnccc7n(-c7ccccc7)c6c6ccccc56)nc4c3n2)cc1. The van der Waals surface area contributed by atoms with E-state index in [2.05, 4.69) is 125 Å². The van der Waals surface area contributed by atoms with Crippen LogP contribution in [0.1, 0.15) is 0 Å². The van der Waals surface area contributed by atoms with Gasteiger partial charge in [0.05, 0.1) is 33.5 Å². The maximum Gasteiger partial charge on any atom is 0.0972 e. The summed E-state index contributed by atoms with van der Waals surface area (Å²) < 4.78 is 2.36. The van der Waals surface area contributed by atoms with E-state index in [9.17, 15) is 0 Å². The molecule has 0 saturated carbocycles. The molecule has 9 rings (SSSR count). The van der Waals surface area contributed by atoms with Gasteiger partial charge in [0, 0.05) is 56.1 Å². The molecule has 0 aliphatic rings. The smallest absolute Gasteiger partial charge is 0.0972 e. The molecule has 5 aromatic carbocycles. The Hall–Kier alpha value is -5.87. The Balaban J connectivity index is 1.35. The van der Waals surface area contributed by atoms with Gasteiger partial charge in [-0.1, -0.05) is 97.1 Å². The molecule has 0 bridgehead atoms. The molecule has 4 heterocycles. The van der Waals surface area contributed by atoms with Crippen molar-refractivity contribution in [2.75, 3.05) is 0 Å². The van der Waals surface area contributed by atoms with Gasteiger partial charge >= 0.3 is 0 Å². The summed E-state index contributed by atoms with van der Waals surface area (Å²) in [5.74, 6) is 0. The van der Waals surface area contributed by atoms with Crippen molar-refractivity contribution in [2.24, 2.45) is 0 Å². The summed E-state index contributed by atoms with van der Waals surface area (Å²) >= 11 is 0. The van der Waals surface area contributed by atoms with Crippen molar-refractivity contribution in [1.29, 1.82) is 0 Å². The molecule has 0 unspecified atom stereocenters. The number of aromatic nitrogens is 4. The molecule has 4 nitrogen and oxygen atoms in total. The maximum absolute atomic E-state index is 5.33. The van der Waals surface area contributed by atoms with E-state index < -0.39 is 0 Å². The Morgan fingerprint density at radius 1 is 0.488 bits per heavy atom. The van der Waals surface area contributed by atoms with Crippen molar-refractivity contribution < 1.29 is 0 Å². The molecule has 0 amide bonds. The minimum absolute atomic E-state index is 0.908. The van der Waals surface area contributed by atoms with E-state index in [1.54, 1.807) is 0 Å². The Morgan fingerprint density at radius 3 is 1.88 bits per heavy atom. The molecule has 0 spiro atoms. The second-order valence-electron chi connectivity index (χ2n) is 10.9. The van der Waals surface area contributed by atoms with Gasteiger partial charge in [-0.2, -0.15) is 0 Å². The number of hydrogen-bond acceptors (Lipinski definition) is 3. The van der Waals surface area contributed by atoms with Crippen LogP contribution >= 0.6 is 0 Å². The third-order valence-corrected chi connectivity index (χ3v) is 8.45. The fourth-order valence-corrected chi connectivity index (χ4v) is 6.46. The Morgan fingerprint density at radius 2 is 1.12 bits per heavy atom. The summed E-state index contributed by atoms with van der Waals surface area (Å²) in [7, 11) is 0. The summed E-state index contributed by atoms with van der Waals surface area (Å²) in [6.45, 7) is 0. The molecule has 0 aliphatic heterocycles. The molecule has 0 saturated heterocycles. The topological polar surface area (TPSA) is 43.6 Å². The molecule has 0 aliphatic carbocycles. The average Bonchev–Trinajstić information content (AvgIpc) is 3.43. The van der Waals surface area contributed by atoms with Crippen molar-refractivity contribution in [3.63, 3.8) is 0 Å². The van der Waals surface area contributed by atoms with Gasteiger partial charge in [-0.3, -0.25) is 4.98 Å². The van der Waals surface area contributed by atoms with E-state index in [0.29, 0.717) is 0 Å². The molecule has 4 aromatic heterocycles. The number of para-hydroxylation sites is 1. The van der Waals surface area contributed by atoms with Gasteiger partial charge in [0.1, 0.15) is 0 Å². The van der Waals surface area contributed by atoms with Crippen molar-refractivity contribution in [3.8, 4) is 28.2 Å². The van der Waals surface area contributed by atoms with E-state index in [-0.39, 0.29) is 0 Å². The molecule has 4 heteroatoms. The van der Waals surface area contributed by atoms with Gasteiger partial charge in [-0.25, -0.2) is 9.97 Å². The maximum atomic E-state index is 5.33. The fraction of sp³-hybridized carbons (Fsp3) is 0. The van der Waals surface area contributed by atoms with Gasteiger partial charge in [-0.15, -0.1) is 0 Å². The monoisotopic (exact) mass is 548 g/mol. The molecule has 0 radical (unpaired) electrons. The Labute approximate surface area is 247 Å². The first-order valence-corrected chi connectivity index (χ1v) is 14.5. The van der Waals surface area contributed by atoms with E-state index in [4.69, 9.17) is 9.97 Å². The fourth-order valence-electron chi connectivity index (χ4n) is 6.46. The van der Waals surface area contributed by atoms with Crippen molar-refractivity contribution in [1.82, 2.24) is 19.5 Å². The molecule has 43 heavy (non-hydrogen) atoms. The van der Waals surface area contributed by atoms with Crippen LogP contribution in [-0.2, 0) is 0 Å². The van der Waals surface area contributed by atoms with Crippen LogP contribution in [-0.4, -0.2) is 19.5 Å². The highest BCUT2D eigenvalue weighted by molar-refractivity contribution is 6.22. The van der Waals surface area contributed by atoms with Gasteiger partial charge < -0.3 is 4.57 Å². The zero-order valence-electron chi connectivity index (χ0n) is 23.1. The highest BCUT2D eigenvalue weighted by atomic mass is 15.0. The second-order valence-corrected chi connectivity index (χ2v) is 10.9. The third kappa shape index (κ3) is 3.67. The average molecular weight is 549 g/mol. The third-order valence-electron chi connectivity index (χ3n) is 8.45. The van der Waals surface area contributed by atoms with Crippen LogP contribution < -0.4 is 0 Å². The molecular weight excluding hydrogens is 524 g/mol. The lowest BCUT2D eigenvalue weighted by Gasteiger charge is -2.13. The number of nitrogens with zero attached hydrogens (tertiary/aromatic N) is 4. The molecule has 0 N–H and O–H groups in total. The van der Waals surface area contributed by atoms with Crippen LogP contribution in [0.4, 0.5) is 0 Å². The summed E-state index contributed by atoms with van der Waals surface area (Å²) in [4.78, 5) is 15.0. The highest BCUT2D eigenvalue weighted by Crippen LogP contribution is 2.41. The van der Waals surface area contributed by atoms with E-state index in [1.807, 2.05) is 30.6 Å². The van der Waals surface area contributed by atoms with Gasteiger partial charge in [0.15, 0.2) is 0 Å². The molecular formula is C39H24N4. The zero-order chi connectivity index (χ0) is 28.3. The summed E-state index contributed by atoms with van der Waals surface area (Å²) in [5.41, 5.74) is 9.32. The lowest BCUT2D eigenvalue weighted by atomic mass is 9.97. The van der Waals surface area contributed by atoms with E-state index in [1.165, 1.54) is 10.9 Å². The Kier molecular flexibility index (Phi) is 5.16. The van der Waals surface area contributed by atoms with Gasteiger partial charge in [0.25, 0.3) is 0 Å². The van der Waals surface area contributed by atoms with Crippen LogP contribution in [0.2, 0.25) is 0 Å². The van der Waals surface area contributed by atoms with Gasteiger partial charge in [0.2, 0.25) is 0 Å². The van der Waals surface area contributed by atoms with Crippen molar-refractivity contribution in [3.05, 3.63) is 146 Å². The number of pyridine rings is 3. The van der Waals surface area contributed by atoms with Crippen LogP contribution in [0.25, 0.3) is 82.6 Å². The summed E-state index contributed by atoms with van der Waals surface area (Å²) in [5, 5.41) is 6.77. The minimum atomic E-state index is 0.908. The van der Waals surface area contributed by atoms with Gasteiger partial charge in [-0.05, 0) is 41.8 Å². The van der Waals surface area contributed by atoms with E-state index in [0.717, 1.165) is 71.7 Å². The number of hydrogen-bond donors (Lipinski definition) is 0. The zero-order valence-corrected chi connectivity index (χ0v) is 23.1.